The van der Waals surface area contributed by atoms with Crippen LogP contribution in [0.25, 0.3) is 0 Å². The average molecular weight is 497 g/mol. The molecule has 0 spiro atoms. The third kappa shape index (κ3) is 8.95. The van der Waals surface area contributed by atoms with Crippen LogP contribution in [0, 0.1) is 11.8 Å². The molecule has 0 radical (unpaired) electrons. The monoisotopic (exact) mass is 497 g/mol. The lowest BCUT2D eigenvalue weighted by Gasteiger charge is -2.33. The van der Waals surface area contributed by atoms with E-state index in [1.165, 1.54) is 0 Å². The van der Waals surface area contributed by atoms with Gasteiger partial charge in [-0.2, -0.15) is 0 Å². The van der Waals surface area contributed by atoms with Crippen molar-refractivity contribution in [3.05, 3.63) is 0 Å². The Balaban J connectivity index is 0.00000364. The first-order chi connectivity index (χ1) is 12.7. The molecule has 2 fully saturated rings. The van der Waals surface area contributed by atoms with E-state index < -0.39 is 0 Å². The van der Waals surface area contributed by atoms with Crippen molar-refractivity contribution in [3.63, 3.8) is 0 Å². The van der Waals surface area contributed by atoms with Crippen molar-refractivity contribution in [2.24, 2.45) is 16.8 Å². The molecule has 0 amide bonds. The number of hydrogen-bond acceptors (Lipinski definition) is 5. The first kappa shape index (κ1) is 24.4. The van der Waals surface area contributed by atoms with Gasteiger partial charge >= 0.3 is 5.97 Å². The van der Waals surface area contributed by atoms with E-state index in [0.717, 1.165) is 84.1 Å². The highest BCUT2D eigenvalue weighted by Gasteiger charge is 2.27. The predicted molar refractivity (Wildman–Crippen MR) is 117 cm³/mol. The molecule has 158 valence electrons. The van der Waals surface area contributed by atoms with Gasteiger partial charge in [-0.05, 0) is 44.9 Å². The van der Waals surface area contributed by atoms with Gasteiger partial charge in [0.2, 0.25) is 0 Å². The van der Waals surface area contributed by atoms with Crippen molar-refractivity contribution in [3.8, 4) is 0 Å². The molecule has 0 bridgehead atoms. The Morgan fingerprint density at radius 1 is 1.22 bits per heavy atom. The van der Waals surface area contributed by atoms with E-state index in [4.69, 9.17) is 14.2 Å². The van der Waals surface area contributed by atoms with Gasteiger partial charge in [0.25, 0.3) is 0 Å². The molecule has 0 aromatic rings. The van der Waals surface area contributed by atoms with Gasteiger partial charge in [0, 0.05) is 53.1 Å². The first-order valence-corrected chi connectivity index (χ1v) is 10.0. The Labute approximate surface area is 180 Å². The van der Waals surface area contributed by atoms with Crippen molar-refractivity contribution in [2.45, 2.75) is 39.0 Å². The van der Waals surface area contributed by atoms with Gasteiger partial charge in [-0.15, -0.1) is 24.0 Å². The molecule has 2 heterocycles. The summed E-state index contributed by atoms with van der Waals surface area (Å²) in [6, 6.07) is 0. The van der Waals surface area contributed by atoms with Gasteiger partial charge in [-0.25, -0.2) is 0 Å². The summed E-state index contributed by atoms with van der Waals surface area (Å²) in [6.45, 7) is 8.19. The molecule has 0 saturated carbocycles. The number of esters is 1. The molecular weight excluding hydrogens is 461 g/mol. The van der Waals surface area contributed by atoms with E-state index in [1.807, 2.05) is 6.92 Å². The lowest BCUT2D eigenvalue weighted by molar-refractivity contribution is -0.149. The van der Waals surface area contributed by atoms with Crippen LogP contribution in [0.2, 0.25) is 0 Å². The molecule has 0 aromatic heterocycles. The second kappa shape index (κ2) is 14.4. The fourth-order valence-electron chi connectivity index (χ4n) is 3.46. The van der Waals surface area contributed by atoms with E-state index in [1.54, 1.807) is 7.05 Å². The Bertz CT molecular complexity index is 437. The zero-order chi connectivity index (χ0) is 18.6. The zero-order valence-corrected chi connectivity index (χ0v) is 19.1. The van der Waals surface area contributed by atoms with E-state index in [-0.39, 0.29) is 35.9 Å². The molecule has 8 heteroatoms. The Kier molecular flexibility index (Phi) is 13.0. The molecule has 0 atom stereocenters. The second-order valence-electron chi connectivity index (χ2n) is 6.97. The molecule has 0 unspecified atom stereocenters. The van der Waals surface area contributed by atoms with Crippen LogP contribution in [0.3, 0.4) is 0 Å². The molecule has 0 aliphatic carbocycles. The summed E-state index contributed by atoms with van der Waals surface area (Å²) in [5.41, 5.74) is 0. The van der Waals surface area contributed by atoms with Crippen molar-refractivity contribution in [2.75, 3.05) is 59.7 Å². The van der Waals surface area contributed by atoms with Crippen LogP contribution < -0.4 is 5.32 Å². The largest absolute Gasteiger partial charge is 0.466 e. The van der Waals surface area contributed by atoms with Crippen LogP contribution in [0.1, 0.15) is 39.0 Å². The Morgan fingerprint density at radius 3 is 2.56 bits per heavy atom. The fraction of sp³-hybridized carbons (Fsp3) is 0.895. The highest BCUT2D eigenvalue weighted by Crippen LogP contribution is 2.18. The Hall–Kier alpha value is -0.610. The van der Waals surface area contributed by atoms with Crippen molar-refractivity contribution >= 4 is 35.9 Å². The molecule has 2 aliphatic heterocycles. The maximum atomic E-state index is 11.8. The predicted octanol–water partition coefficient (Wildman–Crippen LogP) is 2.29. The normalized spacial score (nSPS) is 19.5. The lowest BCUT2D eigenvalue weighted by Crippen LogP contribution is -2.47. The molecule has 0 aromatic carbocycles. The van der Waals surface area contributed by atoms with Crippen molar-refractivity contribution in [1.29, 1.82) is 0 Å². The standard InChI is InChI=1S/C19H35N3O4.HI/c1-3-26-18(23)17-5-10-22(11-6-17)19(20-2)21-9-4-12-25-15-16-7-13-24-14-8-16;/h16-17H,3-15H2,1-2H3,(H,20,21);1H. The highest BCUT2D eigenvalue weighted by molar-refractivity contribution is 14.0. The summed E-state index contributed by atoms with van der Waals surface area (Å²) in [6.07, 6.45) is 4.85. The summed E-state index contributed by atoms with van der Waals surface area (Å²) in [5, 5.41) is 3.41. The van der Waals surface area contributed by atoms with Crippen LogP contribution in [-0.2, 0) is 19.0 Å². The van der Waals surface area contributed by atoms with Crippen LogP contribution in [0.15, 0.2) is 4.99 Å². The topological polar surface area (TPSA) is 72.4 Å². The van der Waals surface area contributed by atoms with Gasteiger partial charge in [0.1, 0.15) is 0 Å². The molecule has 2 saturated heterocycles. The summed E-state index contributed by atoms with van der Waals surface area (Å²) in [5.74, 6) is 1.54. The lowest BCUT2D eigenvalue weighted by atomic mass is 9.97. The quantitative estimate of drug-likeness (QED) is 0.183. The fourth-order valence-corrected chi connectivity index (χ4v) is 3.46. The van der Waals surface area contributed by atoms with Crippen LogP contribution in [0.5, 0.6) is 0 Å². The Morgan fingerprint density at radius 2 is 1.93 bits per heavy atom. The summed E-state index contributed by atoms with van der Waals surface area (Å²) in [7, 11) is 1.81. The second-order valence-corrected chi connectivity index (χ2v) is 6.97. The van der Waals surface area contributed by atoms with E-state index >= 15 is 0 Å². The van der Waals surface area contributed by atoms with Gasteiger partial charge in [-0.3, -0.25) is 9.79 Å². The van der Waals surface area contributed by atoms with E-state index in [0.29, 0.717) is 12.5 Å². The maximum Gasteiger partial charge on any atom is 0.309 e. The number of nitrogens with one attached hydrogen (secondary N) is 1. The van der Waals surface area contributed by atoms with Crippen LogP contribution >= 0.6 is 24.0 Å². The summed E-state index contributed by atoms with van der Waals surface area (Å²) >= 11 is 0. The van der Waals surface area contributed by atoms with Gasteiger partial charge in [0.05, 0.1) is 12.5 Å². The number of piperidine rings is 1. The molecule has 27 heavy (non-hydrogen) atoms. The molecule has 2 rings (SSSR count). The minimum Gasteiger partial charge on any atom is -0.466 e. The number of hydrogen-bond donors (Lipinski definition) is 1. The molecule has 7 nitrogen and oxygen atoms in total. The summed E-state index contributed by atoms with van der Waals surface area (Å²) < 4.78 is 16.3. The van der Waals surface area contributed by atoms with E-state index in [2.05, 4.69) is 15.2 Å². The SMILES string of the molecule is CCOC(=O)C1CCN(C(=NC)NCCCOCC2CCOCC2)CC1.I. The number of likely N-dealkylation sites (tertiary alicyclic amines) is 1. The third-order valence-corrected chi connectivity index (χ3v) is 5.07. The number of carbonyl (C=O) groups excluding carboxylic acids is 1. The first-order valence-electron chi connectivity index (χ1n) is 10.0. The number of rotatable bonds is 8. The molecule has 2 aliphatic rings. The van der Waals surface area contributed by atoms with Crippen molar-refractivity contribution in [1.82, 2.24) is 10.2 Å². The molecule has 1 N–H and O–H groups in total. The highest BCUT2D eigenvalue weighted by atomic mass is 127. The minimum atomic E-state index is -0.0585. The number of guanidine groups is 1. The third-order valence-electron chi connectivity index (χ3n) is 5.07. The number of aliphatic imine (C=N–C) groups is 1. The number of halogens is 1. The zero-order valence-electron chi connectivity index (χ0n) is 16.8. The van der Waals surface area contributed by atoms with Gasteiger partial charge < -0.3 is 24.4 Å². The number of carbonyl (C=O) groups is 1. The van der Waals surface area contributed by atoms with Crippen LogP contribution in [-0.4, -0.2) is 76.5 Å². The van der Waals surface area contributed by atoms with E-state index in [9.17, 15) is 4.79 Å². The average Bonchev–Trinajstić information content (AvgIpc) is 2.69. The maximum absolute atomic E-state index is 11.8. The number of nitrogens with zero attached hydrogens (tertiary/aromatic N) is 2. The molecular formula is C19H36IN3O4. The van der Waals surface area contributed by atoms with Gasteiger partial charge in [0.15, 0.2) is 5.96 Å². The smallest absolute Gasteiger partial charge is 0.309 e. The number of ether oxygens (including phenoxy) is 3. The summed E-state index contributed by atoms with van der Waals surface area (Å²) in [4.78, 5) is 18.4. The van der Waals surface area contributed by atoms with Gasteiger partial charge in [-0.1, -0.05) is 0 Å². The minimum absolute atomic E-state index is 0. The van der Waals surface area contributed by atoms with Crippen molar-refractivity contribution < 1.29 is 19.0 Å². The van der Waals surface area contributed by atoms with Crippen LogP contribution in [0.4, 0.5) is 0 Å².